The minimum atomic E-state index is -0.920. The van der Waals surface area contributed by atoms with Gasteiger partial charge in [-0.2, -0.15) is 0 Å². The summed E-state index contributed by atoms with van der Waals surface area (Å²) in [4.78, 5) is 12.4. The molecule has 1 aromatic carbocycles. The number of anilines is 1. The Hall–Kier alpha value is -0.620. The molecule has 2 N–H and O–H groups in total. The van der Waals surface area contributed by atoms with Gasteiger partial charge in [0.15, 0.2) is 5.11 Å². The van der Waals surface area contributed by atoms with Crippen molar-refractivity contribution >= 4 is 29.0 Å². The molecule has 0 heterocycles. The molecule has 0 spiro atoms. The Morgan fingerprint density at radius 3 is 2.56 bits per heavy atom. The minimum Gasteiger partial charge on any atom is -1.00 e. The Kier molecular flexibility index (Phi) is 9.01. The van der Waals surface area contributed by atoms with Crippen LogP contribution in [0, 0.1) is 0 Å². The number of benzene rings is 1. The van der Waals surface area contributed by atoms with E-state index in [-0.39, 0.29) is 37.5 Å². The first-order chi connectivity index (χ1) is 8.15. The summed E-state index contributed by atoms with van der Waals surface area (Å²) in [7, 11) is 0. The van der Waals surface area contributed by atoms with Crippen LogP contribution in [0.3, 0.4) is 0 Å². The van der Waals surface area contributed by atoms with E-state index in [1.165, 1.54) is 0 Å². The van der Waals surface area contributed by atoms with E-state index in [0.717, 1.165) is 18.7 Å². The standard InChI is InChI=1S/C12H16N2O2S.Na.H/c1-2-8-14(10-6-4-3-5-7-10)12(17)13-9-11(15)16;;/h3-7H,2,8-9H2,1H3,(H,13,17)(H,15,16);;/q;+1;-1. The van der Waals surface area contributed by atoms with E-state index in [2.05, 4.69) is 12.2 Å². The molecular formula is C12H17N2NaO2S. The topological polar surface area (TPSA) is 52.6 Å². The van der Waals surface area contributed by atoms with Gasteiger partial charge >= 0.3 is 35.5 Å². The molecule has 4 nitrogen and oxygen atoms in total. The fourth-order valence-electron chi connectivity index (χ4n) is 1.43. The molecule has 0 saturated carbocycles. The number of carboxylic acid groups (broad SMARTS) is 1. The van der Waals surface area contributed by atoms with Gasteiger partial charge in [0.1, 0.15) is 6.54 Å². The van der Waals surface area contributed by atoms with Crippen molar-refractivity contribution in [3.63, 3.8) is 0 Å². The molecule has 0 saturated heterocycles. The molecular weight excluding hydrogens is 259 g/mol. The number of hydrogen-bond acceptors (Lipinski definition) is 2. The van der Waals surface area contributed by atoms with Crippen LogP contribution in [-0.4, -0.2) is 29.3 Å². The van der Waals surface area contributed by atoms with E-state index < -0.39 is 5.97 Å². The van der Waals surface area contributed by atoms with Crippen LogP contribution in [0.25, 0.3) is 0 Å². The third-order valence-corrected chi connectivity index (χ3v) is 2.52. The summed E-state index contributed by atoms with van der Waals surface area (Å²) in [6.07, 6.45) is 0.934. The van der Waals surface area contributed by atoms with Crippen LogP contribution in [0.15, 0.2) is 30.3 Å². The Morgan fingerprint density at radius 2 is 2.06 bits per heavy atom. The first-order valence-corrected chi connectivity index (χ1v) is 5.88. The zero-order valence-corrected chi connectivity index (χ0v) is 13.5. The number of carbonyl (C=O) groups is 1. The van der Waals surface area contributed by atoms with E-state index in [4.69, 9.17) is 17.3 Å². The fourth-order valence-corrected chi connectivity index (χ4v) is 1.69. The monoisotopic (exact) mass is 276 g/mol. The zero-order chi connectivity index (χ0) is 12.7. The summed E-state index contributed by atoms with van der Waals surface area (Å²) in [5.74, 6) is -0.920. The van der Waals surface area contributed by atoms with Crippen molar-refractivity contribution in [2.75, 3.05) is 18.0 Å². The van der Waals surface area contributed by atoms with Crippen LogP contribution < -0.4 is 39.8 Å². The summed E-state index contributed by atoms with van der Waals surface area (Å²) in [6.45, 7) is 2.65. The van der Waals surface area contributed by atoms with Crippen molar-refractivity contribution in [3.05, 3.63) is 30.3 Å². The maximum atomic E-state index is 10.5. The molecule has 0 aliphatic carbocycles. The Bertz CT molecular complexity index is 393. The Morgan fingerprint density at radius 1 is 1.44 bits per heavy atom. The number of hydrogen-bond donors (Lipinski definition) is 2. The van der Waals surface area contributed by atoms with Crippen molar-refractivity contribution in [1.29, 1.82) is 0 Å². The van der Waals surface area contributed by atoms with E-state index in [9.17, 15) is 4.79 Å². The van der Waals surface area contributed by atoms with Gasteiger partial charge in [0, 0.05) is 12.2 Å². The van der Waals surface area contributed by atoms with Crippen molar-refractivity contribution in [1.82, 2.24) is 5.32 Å². The van der Waals surface area contributed by atoms with Gasteiger partial charge in [-0.05, 0) is 30.8 Å². The van der Waals surface area contributed by atoms with Gasteiger partial charge in [-0.1, -0.05) is 25.1 Å². The quantitative estimate of drug-likeness (QED) is 0.532. The van der Waals surface area contributed by atoms with Crippen LogP contribution in [0.5, 0.6) is 0 Å². The maximum Gasteiger partial charge on any atom is 1.00 e. The summed E-state index contributed by atoms with van der Waals surface area (Å²) in [6, 6.07) is 9.69. The molecule has 18 heavy (non-hydrogen) atoms. The van der Waals surface area contributed by atoms with Gasteiger partial charge in [0.25, 0.3) is 0 Å². The van der Waals surface area contributed by atoms with Crippen LogP contribution >= 0.6 is 12.2 Å². The van der Waals surface area contributed by atoms with Gasteiger partial charge in [-0.3, -0.25) is 4.79 Å². The molecule has 6 heteroatoms. The molecule has 0 bridgehead atoms. The van der Waals surface area contributed by atoms with E-state index in [0.29, 0.717) is 5.11 Å². The number of para-hydroxylation sites is 1. The molecule has 0 aliphatic rings. The number of carboxylic acids is 1. The van der Waals surface area contributed by atoms with Gasteiger partial charge in [-0.25, -0.2) is 0 Å². The van der Waals surface area contributed by atoms with Gasteiger partial charge in [0.2, 0.25) is 0 Å². The third-order valence-electron chi connectivity index (χ3n) is 2.15. The Balaban J connectivity index is 0. The van der Waals surface area contributed by atoms with Crippen LogP contribution in [-0.2, 0) is 4.79 Å². The predicted octanol–water partition coefficient (Wildman–Crippen LogP) is -1.02. The first-order valence-electron chi connectivity index (χ1n) is 5.47. The summed E-state index contributed by atoms with van der Waals surface area (Å²) < 4.78 is 0. The number of nitrogens with one attached hydrogen (secondary N) is 1. The predicted molar refractivity (Wildman–Crippen MR) is 73.4 cm³/mol. The van der Waals surface area contributed by atoms with Crippen LogP contribution in [0.4, 0.5) is 5.69 Å². The smallest absolute Gasteiger partial charge is 1.00 e. The molecule has 0 radical (unpaired) electrons. The number of thiocarbonyl (C=S) groups is 1. The average Bonchev–Trinajstić information content (AvgIpc) is 2.34. The first kappa shape index (κ1) is 17.4. The second-order valence-electron chi connectivity index (χ2n) is 3.54. The number of rotatable bonds is 5. The molecule has 94 valence electrons. The van der Waals surface area contributed by atoms with E-state index >= 15 is 0 Å². The molecule has 0 fully saturated rings. The summed E-state index contributed by atoms with van der Waals surface area (Å²) in [5.41, 5.74) is 0.970. The van der Waals surface area contributed by atoms with Crippen LogP contribution in [0.1, 0.15) is 14.8 Å². The zero-order valence-electron chi connectivity index (χ0n) is 11.7. The molecule has 0 atom stereocenters. The van der Waals surface area contributed by atoms with Gasteiger partial charge < -0.3 is 16.7 Å². The van der Waals surface area contributed by atoms with E-state index in [1.54, 1.807) is 0 Å². The molecule has 0 aromatic heterocycles. The normalized spacial score (nSPS) is 9.17. The van der Waals surface area contributed by atoms with Crippen molar-refractivity contribution < 1.29 is 40.9 Å². The Labute approximate surface area is 136 Å². The SMILES string of the molecule is CCCN(C(=S)NCC(=O)O)c1ccccc1.[H-].[Na+]. The van der Waals surface area contributed by atoms with Crippen molar-refractivity contribution in [3.8, 4) is 0 Å². The van der Waals surface area contributed by atoms with Crippen molar-refractivity contribution in [2.24, 2.45) is 0 Å². The third kappa shape index (κ3) is 5.82. The molecule has 1 aromatic rings. The second kappa shape index (κ2) is 9.33. The molecule has 0 amide bonds. The fraction of sp³-hybridized carbons (Fsp3) is 0.333. The van der Waals surface area contributed by atoms with Gasteiger partial charge in [-0.15, -0.1) is 0 Å². The second-order valence-corrected chi connectivity index (χ2v) is 3.93. The average molecular weight is 276 g/mol. The number of nitrogens with zero attached hydrogens (tertiary/aromatic N) is 1. The molecule has 1 rings (SSSR count). The maximum absolute atomic E-state index is 10.5. The largest absolute Gasteiger partial charge is 1.00 e. The molecule has 0 aliphatic heterocycles. The summed E-state index contributed by atoms with van der Waals surface area (Å²) >= 11 is 5.19. The summed E-state index contributed by atoms with van der Waals surface area (Å²) in [5, 5.41) is 11.8. The van der Waals surface area contributed by atoms with Gasteiger partial charge in [0.05, 0.1) is 0 Å². The molecule has 0 unspecified atom stereocenters. The number of aliphatic carboxylic acids is 1. The van der Waals surface area contributed by atoms with Crippen LogP contribution in [0.2, 0.25) is 0 Å². The minimum absolute atomic E-state index is 0. The van der Waals surface area contributed by atoms with E-state index in [1.807, 2.05) is 35.2 Å². The van der Waals surface area contributed by atoms with Crippen molar-refractivity contribution in [2.45, 2.75) is 13.3 Å².